The average molecular weight is 267 g/mol. The molecule has 1 aliphatic rings. The lowest BCUT2D eigenvalue weighted by atomic mass is 10.2. The molecule has 0 fully saturated rings. The van der Waals surface area contributed by atoms with E-state index in [4.69, 9.17) is 4.42 Å². The maximum absolute atomic E-state index is 12.3. The first-order valence-electron chi connectivity index (χ1n) is 6.25. The molecule has 3 rings (SSSR count). The molecule has 1 aliphatic heterocycles. The third-order valence-electron chi connectivity index (χ3n) is 3.05. The van der Waals surface area contributed by atoms with E-state index in [0.29, 0.717) is 23.8 Å². The topological polar surface area (TPSA) is 58.7 Å². The fourth-order valence-electron chi connectivity index (χ4n) is 2.03. The maximum atomic E-state index is 12.3. The number of pyridine rings is 1. The van der Waals surface area contributed by atoms with Crippen molar-refractivity contribution in [3.05, 3.63) is 59.9 Å². The van der Waals surface area contributed by atoms with Crippen LogP contribution in [0.2, 0.25) is 0 Å². The molecule has 0 unspecified atom stereocenters. The van der Waals surface area contributed by atoms with Gasteiger partial charge in [0, 0.05) is 18.5 Å². The number of hydrogen-bond acceptors (Lipinski definition) is 4. The lowest BCUT2D eigenvalue weighted by molar-refractivity contribution is -0.123. The zero-order valence-electron chi connectivity index (χ0n) is 11.0. The summed E-state index contributed by atoms with van der Waals surface area (Å²) >= 11 is 0. The van der Waals surface area contributed by atoms with Crippen molar-refractivity contribution < 1.29 is 9.21 Å². The van der Waals surface area contributed by atoms with Crippen LogP contribution in [0.4, 0.5) is 0 Å². The molecular weight excluding hydrogens is 254 g/mol. The number of furan rings is 1. The highest BCUT2D eigenvalue weighted by Gasteiger charge is 2.27. The minimum absolute atomic E-state index is 0.115. The van der Waals surface area contributed by atoms with Crippen LogP contribution in [-0.4, -0.2) is 21.6 Å². The number of carbonyl (C=O) groups excluding carboxylic acids is 1. The molecule has 20 heavy (non-hydrogen) atoms. The van der Waals surface area contributed by atoms with Gasteiger partial charge in [0.05, 0.1) is 12.8 Å². The highest BCUT2D eigenvalue weighted by molar-refractivity contribution is 6.13. The second-order valence-electron chi connectivity index (χ2n) is 4.45. The Kier molecular flexibility index (Phi) is 3.16. The number of carbonyl (C=O) groups is 1. The normalized spacial score (nSPS) is 16.9. The molecule has 0 saturated carbocycles. The zero-order chi connectivity index (χ0) is 13.9. The van der Waals surface area contributed by atoms with Crippen LogP contribution < -0.4 is 0 Å². The molecule has 0 bridgehead atoms. The quantitative estimate of drug-likeness (QED) is 0.803. The number of aliphatic imine (C=N–C) groups is 1. The summed E-state index contributed by atoms with van der Waals surface area (Å²) in [6.07, 6.45) is 6.64. The van der Waals surface area contributed by atoms with Crippen LogP contribution in [0.1, 0.15) is 18.2 Å². The minimum Gasteiger partial charge on any atom is -0.465 e. The van der Waals surface area contributed by atoms with Crippen molar-refractivity contribution in [1.29, 1.82) is 0 Å². The Labute approximate surface area is 116 Å². The highest BCUT2D eigenvalue weighted by Crippen LogP contribution is 2.20. The molecule has 5 nitrogen and oxygen atoms in total. The first-order valence-corrected chi connectivity index (χ1v) is 6.25. The van der Waals surface area contributed by atoms with Gasteiger partial charge in [-0.1, -0.05) is 0 Å². The molecule has 0 saturated heterocycles. The molecule has 1 amide bonds. The summed E-state index contributed by atoms with van der Waals surface area (Å²) < 4.78 is 5.21. The van der Waals surface area contributed by atoms with Crippen molar-refractivity contribution in [3.8, 4) is 0 Å². The van der Waals surface area contributed by atoms with E-state index in [1.165, 1.54) is 0 Å². The van der Waals surface area contributed by atoms with Gasteiger partial charge < -0.3 is 4.42 Å². The average Bonchev–Trinajstić information content (AvgIpc) is 3.05. The molecule has 2 aromatic rings. The van der Waals surface area contributed by atoms with E-state index < -0.39 is 0 Å². The van der Waals surface area contributed by atoms with E-state index in [2.05, 4.69) is 9.98 Å². The van der Waals surface area contributed by atoms with Crippen LogP contribution in [0.5, 0.6) is 0 Å². The Bertz CT molecular complexity index is 672. The predicted molar refractivity (Wildman–Crippen MR) is 74.6 cm³/mol. The smallest absolute Gasteiger partial charge is 0.278 e. The summed E-state index contributed by atoms with van der Waals surface area (Å²) in [5.74, 6) is 1.19. The molecule has 5 heteroatoms. The lowest BCUT2D eigenvalue weighted by Gasteiger charge is -2.15. The van der Waals surface area contributed by atoms with Crippen molar-refractivity contribution in [3.63, 3.8) is 0 Å². The standard InChI is InChI=1S/C15H13N3O2/c1-11-17-14(9-13-3-2-8-20-13)15(19)18(11)10-12-4-6-16-7-5-12/h2-9H,10H2,1H3/b14-9-. The summed E-state index contributed by atoms with van der Waals surface area (Å²) in [5, 5.41) is 0. The molecule has 0 aliphatic carbocycles. The summed E-state index contributed by atoms with van der Waals surface area (Å²) in [6.45, 7) is 2.31. The van der Waals surface area contributed by atoms with Gasteiger partial charge in [0.15, 0.2) is 0 Å². The van der Waals surface area contributed by atoms with Crippen LogP contribution in [0.3, 0.4) is 0 Å². The fourth-order valence-corrected chi connectivity index (χ4v) is 2.03. The van der Waals surface area contributed by atoms with Crippen LogP contribution in [0, 0.1) is 0 Å². The van der Waals surface area contributed by atoms with Crippen LogP contribution in [0.25, 0.3) is 6.08 Å². The first-order chi connectivity index (χ1) is 9.74. The van der Waals surface area contributed by atoms with Gasteiger partial charge in [-0.2, -0.15) is 0 Å². The lowest BCUT2D eigenvalue weighted by Crippen LogP contribution is -2.29. The maximum Gasteiger partial charge on any atom is 0.278 e. The molecule has 2 aromatic heterocycles. The zero-order valence-corrected chi connectivity index (χ0v) is 11.0. The molecule has 0 atom stereocenters. The van der Waals surface area contributed by atoms with Crippen LogP contribution >= 0.6 is 0 Å². The molecule has 0 aromatic carbocycles. The van der Waals surface area contributed by atoms with Gasteiger partial charge in [0.1, 0.15) is 17.3 Å². The number of amidine groups is 1. The molecule has 0 radical (unpaired) electrons. The third-order valence-corrected chi connectivity index (χ3v) is 3.05. The summed E-state index contributed by atoms with van der Waals surface area (Å²) in [7, 11) is 0. The molecule has 3 heterocycles. The van der Waals surface area contributed by atoms with E-state index in [1.54, 1.807) is 41.8 Å². The molecule has 100 valence electrons. The Morgan fingerprint density at radius 1 is 1.30 bits per heavy atom. The number of aromatic nitrogens is 1. The van der Waals surface area contributed by atoms with Gasteiger partial charge in [0.25, 0.3) is 5.91 Å². The molecule has 0 spiro atoms. The first kappa shape index (κ1) is 12.3. The fraction of sp³-hybridized carbons (Fsp3) is 0.133. The van der Waals surface area contributed by atoms with Crippen molar-refractivity contribution in [2.45, 2.75) is 13.5 Å². The Morgan fingerprint density at radius 3 is 2.80 bits per heavy atom. The van der Waals surface area contributed by atoms with E-state index in [1.807, 2.05) is 19.1 Å². The van der Waals surface area contributed by atoms with Gasteiger partial charge in [-0.3, -0.25) is 14.7 Å². The van der Waals surface area contributed by atoms with E-state index in [0.717, 1.165) is 5.56 Å². The van der Waals surface area contributed by atoms with Crippen LogP contribution in [-0.2, 0) is 11.3 Å². The number of amides is 1. The van der Waals surface area contributed by atoms with Gasteiger partial charge in [-0.15, -0.1) is 0 Å². The second kappa shape index (κ2) is 5.13. The van der Waals surface area contributed by atoms with Crippen LogP contribution in [0.15, 0.2) is 58.0 Å². The van der Waals surface area contributed by atoms with E-state index >= 15 is 0 Å². The van der Waals surface area contributed by atoms with Gasteiger partial charge in [-0.25, -0.2) is 4.99 Å². The predicted octanol–water partition coefficient (Wildman–Crippen LogP) is 2.48. The Balaban J connectivity index is 1.82. The number of rotatable bonds is 3. The van der Waals surface area contributed by atoms with Crippen molar-refractivity contribution in [1.82, 2.24) is 9.88 Å². The number of nitrogens with zero attached hydrogens (tertiary/aromatic N) is 3. The van der Waals surface area contributed by atoms with Crippen molar-refractivity contribution in [2.24, 2.45) is 4.99 Å². The molecular formula is C15H13N3O2. The SMILES string of the molecule is CC1=N/C(=C\c2ccco2)C(=O)N1Cc1ccncc1. The Hall–Kier alpha value is -2.69. The highest BCUT2D eigenvalue weighted by atomic mass is 16.3. The Morgan fingerprint density at radius 2 is 2.10 bits per heavy atom. The van der Waals surface area contributed by atoms with Gasteiger partial charge in [0.2, 0.25) is 0 Å². The summed E-state index contributed by atoms with van der Waals surface area (Å²) in [5.41, 5.74) is 1.41. The monoisotopic (exact) mass is 267 g/mol. The van der Waals surface area contributed by atoms with Crippen molar-refractivity contribution in [2.75, 3.05) is 0 Å². The van der Waals surface area contributed by atoms with E-state index in [-0.39, 0.29) is 5.91 Å². The minimum atomic E-state index is -0.115. The van der Waals surface area contributed by atoms with E-state index in [9.17, 15) is 4.79 Å². The van der Waals surface area contributed by atoms with Crippen molar-refractivity contribution >= 4 is 17.8 Å². The largest absolute Gasteiger partial charge is 0.465 e. The summed E-state index contributed by atoms with van der Waals surface area (Å²) in [6, 6.07) is 7.33. The number of hydrogen-bond donors (Lipinski definition) is 0. The second-order valence-corrected chi connectivity index (χ2v) is 4.45. The third kappa shape index (κ3) is 2.38. The summed E-state index contributed by atoms with van der Waals surface area (Å²) in [4.78, 5) is 22.2. The molecule has 0 N–H and O–H groups in total. The van der Waals surface area contributed by atoms with Gasteiger partial charge >= 0.3 is 0 Å². The van der Waals surface area contributed by atoms with Gasteiger partial charge in [-0.05, 0) is 36.8 Å².